The van der Waals surface area contributed by atoms with E-state index in [1.54, 1.807) is 0 Å². The van der Waals surface area contributed by atoms with Gasteiger partial charge in [0.05, 0.1) is 11.0 Å². The normalized spacial score (nSPS) is 11.0. The number of aromatic nitrogens is 2. The zero-order valence-corrected chi connectivity index (χ0v) is 17.3. The van der Waals surface area contributed by atoms with Crippen LogP contribution in [-0.4, -0.2) is 22.0 Å². The third-order valence-corrected chi connectivity index (χ3v) is 5.24. The topological polar surface area (TPSA) is 46.9 Å². The number of amides is 1. The smallest absolute Gasteiger partial charge is 0.251 e. The Labute approximate surface area is 169 Å². The van der Waals surface area contributed by atoms with E-state index in [1.165, 1.54) is 24.8 Å². The van der Waals surface area contributed by atoms with E-state index in [1.807, 2.05) is 30.3 Å². The molecular formula is C22H26BrN3O. The molecule has 0 fully saturated rings. The van der Waals surface area contributed by atoms with Crippen LogP contribution >= 0.6 is 15.9 Å². The van der Waals surface area contributed by atoms with Crippen LogP contribution < -0.4 is 5.32 Å². The van der Waals surface area contributed by atoms with Crippen molar-refractivity contribution in [3.05, 3.63) is 64.4 Å². The predicted octanol–water partition coefficient (Wildman–Crippen LogP) is 5.35. The predicted molar refractivity (Wildman–Crippen MR) is 114 cm³/mol. The Morgan fingerprint density at radius 2 is 1.85 bits per heavy atom. The minimum absolute atomic E-state index is 0.0480. The fourth-order valence-electron chi connectivity index (χ4n) is 3.25. The van der Waals surface area contributed by atoms with Crippen LogP contribution in [0.15, 0.2) is 53.0 Å². The van der Waals surface area contributed by atoms with Gasteiger partial charge in [0.15, 0.2) is 0 Å². The average molecular weight is 428 g/mol. The van der Waals surface area contributed by atoms with Gasteiger partial charge < -0.3 is 9.88 Å². The molecule has 0 spiro atoms. The summed E-state index contributed by atoms with van der Waals surface area (Å²) < 4.78 is 3.28. The molecule has 0 radical (unpaired) electrons. The number of fused-ring (bicyclic) bond motifs is 1. The lowest BCUT2D eigenvalue weighted by Gasteiger charge is -2.10. The minimum Gasteiger partial charge on any atom is -0.352 e. The molecule has 3 rings (SSSR count). The summed E-state index contributed by atoms with van der Waals surface area (Å²) >= 11 is 3.39. The number of benzene rings is 2. The SMILES string of the molecule is CCCCCCn1c(CCNC(=O)c2ccc(Br)cc2)nc2ccccc21. The van der Waals surface area contributed by atoms with E-state index in [4.69, 9.17) is 4.98 Å². The maximum Gasteiger partial charge on any atom is 0.251 e. The summed E-state index contributed by atoms with van der Waals surface area (Å²) in [6.45, 7) is 3.79. The molecule has 1 N–H and O–H groups in total. The van der Waals surface area contributed by atoms with Crippen LogP contribution in [0.25, 0.3) is 11.0 Å². The summed E-state index contributed by atoms with van der Waals surface area (Å²) in [4.78, 5) is 17.1. The van der Waals surface area contributed by atoms with E-state index in [-0.39, 0.29) is 5.91 Å². The standard InChI is InChI=1S/C22H26BrN3O/c1-2-3-4-7-16-26-20-9-6-5-8-19(20)25-21(26)14-15-24-22(27)17-10-12-18(23)13-11-17/h5-6,8-13H,2-4,7,14-16H2,1H3,(H,24,27). The molecule has 0 bridgehead atoms. The molecule has 0 saturated heterocycles. The Morgan fingerprint density at radius 1 is 1.07 bits per heavy atom. The quantitative estimate of drug-likeness (QED) is 0.467. The number of imidazole rings is 1. The lowest BCUT2D eigenvalue weighted by atomic mass is 10.2. The number of hydrogen-bond donors (Lipinski definition) is 1. The summed E-state index contributed by atoms with van der Waals surface area (Å²) in [7, 11) is 0. The molecule has 4 nitrogen and oxygen atoms in total. The van der Waals surface area contributed by atoms with Gasteiger partial charge in [0.25, 0.3) is 5.91 Å². The third-order valence-electron chi connectivity index (χ3n) is 4.71. The first-order chi connectivity index (χ1) is 13.2. The molecule has 3 aromatic rings. The van der Waals surface area contributed by atoms with Crippen molar-refractivity contribution in [2.75, 3.05) is 6.54 Å². The van der Waals surface area contributed by atoms with Gasteiger partial charge in [0, 0.05) is 29.5 Å². The zero-order chi connectivity index (χ0) is 19.1. The first kappa shape index (κ1) is 19.6. The number of carbonyl (C=O) groups excluding carboxylic acids is 1. The molecule has 0 atom stereocenters. The highest BCUT2D eigenvalue weighted by molar-refractivity contribution is 9.10. The number of aryl methyl sites for hydroxylation is 1. The van der Waals surface area contributed by atoms with Crippen molar-refractivity contribution in [2.45, 2.75) is 45.6 Å². The fraction of sp³-hybridized carbons (Fsp3) is 0.364. The summed E-state index contributed by atoms with van der Waals surface area (Å²) in [6, 6.07) is 15.7. The van der Waals surface area contributed by atoms with Gasteiger partial charge in [-0.25, -0.2) is 4.98 Å². The van der Waals surface area contributed by atoms with Gasteiger partial charge in [0.1, 0.15) is 5.82 Å². The van der Waals surface area contributed by atoms with E-state index in [0.29, 0.717) is 12.1 Å². The van der Waals surface area contributed by atoms with E-state index in [0.717, 1.165) is 35.2 Å². The number of nitrogens with one attached hydrogen (secondary N) is 1. The van der Waals surface area contributed by atoms with Crippen LogP contribution in [0, 0.1) is 0 Å². The van der Waals surface area contributed by atoms with Crippen LogP contribution in [0.4, 0.5) is 0 Å². The molecule has 1 aromatic heterocycles. The van der Waals surface area contributed by atoms with Crippen molar-refractivity contribution in [1.29, 1.82) is 0 Å². The summed E-state index contributed by atoms with van der Waals surface area (Å²) in [5.74, 6) is 0.997. The fourth-order valence-corrected chi connectivity index (χ4v) is 3.52. The van der Waals surface area contributed by atoms with Crippen LogP contribution in [-0.2, 0) is 13.0 Å². The Balaban J connectivity index is 1.64. The molecule has 1 heterocycles. The van der Waals surface area contributed by atoms with E-state index >= 15 is 0 Å². The average Bonchev–Trinajstić information content (AvgIpc) is 3.03. The maximum absolute atomic E-state index is 12.3. The van der Waals surface area contributed by atoms with Crippen LogP contribution in [0.2, 0.25) is 0 Å². The van der Waals surface area contributed by atoms with Gasteiger partial charge in [0.2, 0.25) is 0 Å². The maximum atomic E-state index is 12.3. The number of rotatable bonds is 9. The number of unbranched alkanes of at least 4 members (excludes halogenated alkanes) is 3. The van der Waals surface area contributed by atoms with Gasteiger partial charge in [-0.05, 0) is 42.8 Å². The van der Waals surface area contributed by atoms with Crippen molar-refractivity contribution in [3.8, 4) is 0 Å². The van der Waals surface area contributed by atoms with Crippen LogP contribution in [0.1, 0.15) is 48.8 Å². The molecule has 0 aliphatic rings. The van der Waals surface area contributed by atoms with Crippen LogP contribution in [0.3, 0.4) is 0 Å². The van der Waals surface area contributed by atoms with Gasteiger partial charge in [-0.15, -0.1) is 0 Å². The Morgan fingerprint density at radius 3 is 2.63 bits per heavy atom. The summed E-state index contributed by atoms with van der Waals surface area (Å²) in [5, 5.41) is 3.01. The minimum atomic E-state index is -0.0480. The van der Waals surface area contributed by atoms with Gasteiger partial charge in [-0.3, -0.25) is 4.79 Å². The van der Waals surface area contributed by atoms with E-state index < -0.39 is 0 Å². The molecule has 0 saturated carbocycles. The number of para-hydroxylation sites is 2. The molecule has 0 aliphatic heterocycles. The van der Waals surface area contributed by atoms with Gasteiger partial charge in [-0.1, -0.05) is 54.2 Å². The lowest BCUT2D eigenvalue weighted by Crippen LogP contribution is -2.26. The molecule has 27 heavy (non-hydrogen) atoms. The summed E-state index contributed by atoms with van der Waals surface area (Å²) in [6.07, 6.45) is 5.63. The molecule has 1 amide bonds. The van der Waals surface area contributed by atoms with Crippen molar-refractivity contribution in [1.82, 2.24) is 14.9 Å². The first-order valence-electron chi connectivity index (χ1n) is 9.67. The largest absolute Gasteiger partial charge is 0.352 e. The van der Waals surface area contributed by atoms with E-state index in [9.17, 15) is 4.79 Å². The lowest BCUT2D eigenvalue weighted by molar-refractivity contribution is 0.0954. The molecule has 2 aromatic carbocycles. The highest BCUT2D eigenvalue weighted by Gasteiger charge is 2.11. The highest BCUT2D eigenvalue weighted by atomic mass is 79.9. The number of halogens is 1. The van der Waals surface area contributed by atoms with Crippen LogP contribution in [0.5, 0.6) is 0 Å². The summed E-state index contributed by atoms with van der Waals surface area (Å²) in [5.41, 5.74) is 2.89. The Kier molecular flexibility index (Phi) is 7.04. The van der Waals surface area contributed by atoms with Crippen molar-refractivity contribution in [3.63, 3.8) is 0 Å². The highest BCUT2D eigenvalue weighted by Crippen LogP contribution is 2.18. The first-order valence-corrected chi connectivity index (χ1v) is 10.5. The van der Waals surface area contributed by atoms with Gasteiger partial charge >= 0.3 is 0 Å². The number of nitrogens with zero attached hydrogens (tertiary/aromatic N) is 2. The second-order valence-corrected chi connectivity index (χ2v) is 7.66. The molecule has 0 aliphatic carbocycles. The molecule has 0 unspecified atom stereocenters. The Hall–Kier alpha value is -2.14. The van der Waals surface area contributed by atoms with Crippen molar-refractivity contribution >= 4 is 32.9 Å². The second kappa shape index (κ2) is 9.70. The number of carbonyl (C=O) groups is 1. The molecule has 142 valence electrons. The molecule has 5 heteroatoms. The van der Waals surface area contributed by atoms with Gasteiger partial charge in [-0.2, -0.15) is 0 Å². The zero-order valence-electron chi connectivity index (χ0n) is 15.7. The monoisotopic (exact) mass is 427 g/mol. The van der Waals surface area contributed by atoms with E-state index in [2.05, 4.69) is 50.9 Å². The van der Waals surface area contributed by atoms with Crippen molar-refractivity contribution < 1.29 is 4.79 Å². The second-order valence-electron chi connectivity index (χ2n) is 6.74. The third kappa shape index (κ3) is 5.19. The number of hydrogen-bond acceptors (Lipinski definition) is 2. The molecular weight excluding hydrogens is 402 g/mol. The Bertz CT molecular complexity index is 886. The van der Waals surface area contributed by atoms with Crippen molar-refractivity contribution in [2.24, 2.45) is 0 Å².